The highest BCUT2D eigenvalue weighted by atomic mass is 16.5. The number of rotatable bonds is 6. The van der Waals surface area contributed by atoms with E-state index in [1.165, 1.54) is 0 Å². The van der Waals surface area contributed by atoms with Gasteiger partial charge in [0.2, 0.25) is 0 Å². The summed E-state index contributed by atoms with van der Waals surface area (Å²) in [4.78, 5) is 37.9. The highest BCUT2D eigenvalue weighted by molar-refractivity contribution is 5.89. The van der Waals surface area contributed by atoms with E-state index in [0.717, 1.165) is 5.69 Å². The molecule has 1 aromatic carbocycles. The van der Waals surface area contributed by atoms with Crippen LogP contribution in [0.25, 0.3) is 0 Å². The monoisotopic (exact) mass is 359 g/mol. The van der Waals surface area contributed by atoms with Crippen LogP contribution in [0.3, 0.4) is 0 Å². The van der Waals surface area contributed by atoms with E-state index in [2.05, 4.69) is 17.2 Å². The summed E-state index contributed by atoms with van der Waals surface area (Å²) in [5.41, 5.74) is 0.735. The van der Waals surface area contributed by atoms with Crippen molar-refractivity contribution in [3.05, 3.63) is 43.0 Å². The number of nitrogens with one attached hydrogen (secondary N) is 2. The van der Waals surface area contributed by atoms with Crippen LogP contribution in [0.15, 0.2) is 43.0 Å². The minimum atomic E-state index is -0.846. The van der Waals surface area contributed by atoms with Crippen molar-refractivity contribution in [2.45, 2.75) is 25.9 Å². The number of hydrogen-bond acceptors (Lipinski definition) is 4. The number of hydrogen-bond donors (Lipinski definition) is 2. The molecule has 2 N–H and O–H groups in total. The molecule has 1 saturated heterocycles. The van der Waals surface area contributed by atoms with E-state index in [-0.39, 0.29) is 17.9 Å². The Balaban J connectivity index is 1.76. The first-order chi connectivity index (χ1) is 12.5. The summed E-state index contributed by atoms with van der Waals surface area (Å²) in [5, 5.41) is 5.42. The molecule has 0 saturated carbocycles. The Morgan fingerprint density at radius 2 is 1.92 bits per heavy atom. The van der Waals surface area contributed by atoms with Crippen LogP contribution in [0, 0.1) is 5.92 Å². The molecule has 1 aliphatic rings. The molecule has 7 heteroatoms. The van der Waals surface area contributed by atoms with E-state index in [1.54, 1.807) is 17.9 Å². The van der Waals surface area contributed by atoms with Crippen LogP contribution in [0.2, 0.25) is 0 Å². The molecule has 1 atom stereocenters. The van der Waals surface area contributed by atoms with Gasteiger partial charge in [-0.05, 0) is 31.9 Å². The highest BCUT2D eigenvalue weighted by Gasteiger charge is 2.30. The lowest BCUT2D eigenvalue weighted by Crippen LogP contribution is -2.44. The molecule has 0 spiro atoms. The number of esters is 1. The molecule has 1 aromatic rings. The van der Waals surface area contributed by atoms with Gasteiger partial charge in [0.05, 0.1) is 5.92 Å². The maximum absolute atomic E-state index is 12.2. The number of amides is 3. The fraction of sp³-hybridized carbons (Fsp3) is 0.421. The standard InChI is InChI=1S/C19H25N3O4/c1-3-11-20-17(23)14(2)26-18(24)15-9-12-22(13-10-15)19(25)21-16-7-5-4-6-8-16/h3-8,14-15H,1,9-13H2,2H3,(H,20,23)(H,21,25). The minimum absolute atomic E-state index is 0.180. The third-order valence-electron chi connectivity index (χ3n) is 4.22. The van der Waals surface area contributed by atoms with E-state index >= 15 is 0 Å². The van der Waals surface area contributed by atoms with Gasteiger partial charge in [0.25, 0.3) is 5.91 Å². The quantitative estimate of drug-likeness (QED) is 0.602. The number of carbonyl (C=O) groups is 3. The second-order valence-corrected chi connectivity index (χ2v) is 6.17. The van der Waals surface area contributed by atoms with Gasteiger partial charge < -0.3 is 20.3 Å². The zero-order valence-corrected chi connectivity index (χ0v) is 14.9. The summed E-state index contributed by atoms with van der Waals surface area (Å²) < 4.78 is 5.24. The maximum Gasteiger partial charge on any atom is 0.321 e. The molecule has 1 unspecified atom stereocenters. The molecular formula is C19H25N3O4. The molecule has 0 aromatic heterocycles. The lowest BCUT2D eigenvalue weighted by molar-refractivity contribution is -0.159. The van der Waals surface area contributed by atoms with Gasteiger partial charge in [-0.3, -0.25) is 9.59 Å². The van der Waals surface area contributed by atoms with Crippen LogP contribution in [0.4, 0.5) is 10.5 Å². The van der Waals surface area contributed by atoms with E-state index in [0.29, 0.717) is 32.5 Å². The Morgan fingerprint density at radius 1 is 1.27 bits per heavy atom. The van der Waals surface area contributed by atoms with Crippen molar-refractivity contribution in [2.75, 3.05) is 25.0 Å². The molecular weight excluding hydrogens is 334 g/mol. The average molecular weight is 359 g/mol. The Bertz CT molecular complexity index is 639. The van der Waals surface area contributed by atoms with Crippen LogP contribution < -0.4 is 10.6 Å². The third kappa shape index (κ3) is 5.61. The van der Waals surface area contributed by atoms with E-state index < -0.39 is 12.1 Å². The molecule has 1 heterocycles. The van der Waals surface area contributed by atoms with Gasteiger partial charge in [0.1, 0.15) is 0 Å². The number of likely N-dealkylation sites (tertiary alicyclic amines) is 1. The SMILES string of the molecule is C=CCNC(=O)C(C)OC(=O)C1CCN(C(=O)Nc2ccccc2)CC1. The topological polar surface area (TPSA) is 87.7 Å². The number of anilines is 1. The van der Waals surface area contributed by atoms with Crippen molar-refractivity contribution in [1.29, 1.82) is 0 Å². The van der Waals surface area contributed by atoms with Crippen molar-refractivity contribution in [2.24, 2.45) is 5.92 Å². The minimum Gasteiger partial charge on any atom is -0.452 e. The van der Waals surface area contributed by atoms with Gasteiger partial charge in [-0.1, -0.05) is 24.3 Å². The third-order valence-corrected chi connectivity index (χ3v) is 4.22. The Kier molecular flexibility index (Phi) is 7.20. The zero-order valence-electron chi connectivity index (χ0n) is 14.9. The second kappa shape index (κ2) is 9.60. The second-order valence-electron chi connectivity index (χ2n) is 6.17. The Morgan fingerprint density at radius 3 is 2.54 bits per heavy atom. The fourth-order valence-electron chi connectivity index (χ4n) is 2.68. The first kappa shape index (κ1) is 19.5. The van der Waals surface area contributed by atoms with Gasteiger partial charge >= 0.3 is 12.0 Å². The molecule has 1 fully saturated rings. The maximum atomic E-state index is 12.2. The largest absolute Gasteiger partial charge is 0.452 e. The van der Waals surface area contributed by atoms with Crippen LogP contribution in [-0.2, 0) is 14.3 Å². The average Bonchev–Trinajstić information content (AvgIpc) is 2.66. The number of para-hydroxylation sites is 1. The predicted molar refractivity (Wildman–Crippen MR) is 98.5 cm³/mol. The van der Waals surface area contributed by atoms with E-state index in [1.807, 2.05) is 30.3 Å². The Labute approximate surface area is 153 Å². The summed E-state index contributed by atoms with van der Waals surface area (Å²) >= 11 is 0. The van der Waals surface area contributed by atoms with Gasteiger partial charge in [-0.25, -0.2) is 4.79 Å². The number of piperidine rings is 1. The lowest BCUT2D eigenvalue weighted by Gasteiger charge is -2.31. The van der Waals surface area contributed by atoms with Crippen molar-refractivity contribution in [3.63, 3.8) is 0 Å². The van der Waals surface area contributed by atoms with E-state index in [9.17, 15) is 14.4 Å². The molecule has 7 nitrogen and oxygen atoms in total. The number of benzene rings is 1. The molecule has 0 bridgehead atoms. The van der Waals surface area contributed by atoms with Gasteiger partial charge in [-0.15, -0.1) is 6.58 Å². The van der Waals surface area contributed by atoms with Gasteiger partial charge in [0.15, 0.2) is 6.10 Å². The smallest absolute Gasteiger partial charge is 0.321 e. The van der Waals surface area contributed by atoms with E-state index in [4.69, 9.17) is 4.74 Å². The first-order valence-corrected chi connectivity index (χ1v) is 8.71. The zero-order chi connectivity index (χ0) is 18.9. The van der Waals surface area contributed by atoms with Crippen molar-refractivity contribution < 1.29 is 19.1 Å². The molecule has 0 aliphatic carbocycles. The molecule has 140 valence electrons. The number of nitrogens with zero attached hydrogens (tertiary/aromatic N) is 1. The molecule has 2 rings (SSSR count). The van der Waals surface area contributed by atoms with Crippen molar-refractivity contribution in [3.8, 4) is 0 Å². The number of carbonyl (C=O) groups excluding carboxylic acids is 3. The molecule has 0 radical (unpaired) electrons. The van der Waals surface area contributed by atoms with Crippen LogP contribution in [0.1, 0.15) is 19.8 Å². The predicted octanol–water partition coefficient (Wildman–Crippen LogP) is 2.16. The normalized spacial score (nSPS) is 15.7. The highest BCUT2D eigenvalue weighted by Crippen LogP contribution is 2.20. The van der Waals surface area contributed by atoms with Crippen LogP contribution in [0.5, 0.6) is 0 Å². The first-order valence-electron chi connectivity index (χ1n) is 8.71. The summed E-state index contributed by atoms with van der Waals surface area (Å²) in [6.45, 7) is 6.32. The van der Waals surface area contributed by atoms with Crippen molar-refractivity contribution in [1.82, 2.24) is 10.2 Å². The fourth-order valence-corrected chi connectivity index (χ4v) is 2.68. The summed E-state index contributed by atoms with van der Waals surface area (Å²) in [6, 6.07) is 9.04. The summed E-state index contributed by atoms with van der Waals surface area (Å²) in [6.07, 6.45) is 1.74. The number of ether oxygens (including phenoxy) is 1. The van der Waals surface area contributed by atoms with Gasteiger partial charge in [-0.2, -0.15) is 0 Å². The van der Waals surface area contributed by atoms with Gasteiger partial charge in [0, 0.05) is 25.3 Å². The Hall–Kier alpha value is -2.83. The van der Waals surface area contributed by atoms with Crippen LogP contribution >= 0.6 is 0 Å². The molecule has 1 aliphatic heterocycles. The lowest BCUT2D eigenvalue weighted by atomic mass is 9.97. The summed E-state index contributed by atoms with van der Waals surface area (Å²) in [5.74, 6) is -1.04. The number of urea groups is 1. The molecule has 3 amide bonds. The molecule has 26 heavy (non-hydrogen) atoms. The van der Waals surface area contributed by atoms with Crippen molar-refractivity contribution >= 4 is 23.6 Å². The van der Waals surface area contributed by atoms with Crippen LogP contribution in [-0.4, -0.2) is 48.5 Å². The summed E-state index contributed by atoms with van der Waals surface area (Å²) in [7, 11) is 0.